The number of furan rings is 1. The summed E-state index contributed by atoms with van der Waals surface area (Å²) in [5, 5.41) is 18.7. The molecule has 6 rings (SSSR count). The first kappa shape index (κ1) is 19.7. The van der Waals surface area contributed by atoms with Crippen molar-refractivity contribution in [2.75, 3.05) is 13.2 Å². The van der Waals surface area contributed by atoms with E-state index in [1.54, 1.807) is 27.1 Å². The number of hydrogen-bond acceptors (Lipinski definition) is 6. The number of benzene rings is 1. The Hall–Kier alpha value is -3.49. The third-order valence-corrected chi connectivity index (χ3v) is 7.15. The van der Waals surface area contributed by atoms with Crippen molar-refractivity contribution in [3.05, 3.63) is 65.7 Å². The van der Waals surface area contributed by atoms with Gasteiger partial charge in [0.1, 0.15) is 16.9 Å². The van der Waals surface area contributed by atoms with Crippen LogP contribution in [0.4, 0.5) is 0 Å². The molecule has 1 atom stereocenters. The van der Waals surface area contributed by atoms with Gasteiger partial charge in [0, 0.05) is 42.2 Å². The fourth-order valence-corrected chi connectivity index (χ4v) is 5.40. The number of nitrogens with zero attached hydrogens (tertiary/aromatic N) is 5. The van der Waals surface area contributed by atoms with Crippen LogP contribution in [0.15, 0.2) is 53.1 Å². The van der Waals surface area contributed by atoms with Crippen LogP contribution in [0.2, 0.25) is 0 Å². The number of hydrogen-bond donors (Lipinski definition) is 1. The van der Waals surface area contributed by atoms with Crippen LogP contribution in [0, 0.1) is 12.8 Å². The van der Waals surface area contributed by atoms with Crippen LogP contribution in [0.1, 0.15) is 53.9 Å². The minimum Gasteiger partial charge on any atom is -0.454 e. The number of aliphatic hydroxyl groups is 1. The predicted octanol–water partition coefficient (Wildman–Crippen LogP) is 5.13. The summed E-state index contributed by atoms with van der Waals surface area (Å²) in [6.45, 7) is 2.33. The summed E-state index contributed by atoms with van der Waals surface area (Å²) < 4.78 is 39.6. The third-order valence-electron chi connectivity index (χ3n) is 7.15. The van der Waals surface area contributed by atoms with E-state index in [4.69, 9.17) is 18.3 Å². The summed E-state index contributed by atoms with van der Waals surface area (Å²) >= 11 is 0. The Morgan fingerprint density at radius 3 is 2.64 bits per heavy atom. The van der Waals surface area contributed by atoms with Gasteiger partial charge in [0.05, 0.1) is 28.5 Å². The monoisotopic (exact) mass is 488 g/mol. The van der Waals surface area contributed by atoms with Crippen molar-refractivity contribution < 1.29 is 18.4 Å². The molecule has 0 radical (unpaired) electrons. The molecule has 4 aromatic heterocycles. The molecule has 1 saturated heterocycles. The molecule has 1 aromatic carbocycles. The van der Waals surface area contributed by atoms with Gasteiger partial charge in [-0.2, -0.15) is 0 Å². The Kier molecular flexibility index (Phi) is 4.68. The lowest BCUT2D eigenvalue weighted by Crippen LogP contribution is -2.26. The van der Waals surface area contributed by atoms with Gasteiger partial charge in [-0.25, -0.2) is 9.67 Å². The Bertz CT molecular complexity index is 1640. The molecule has 8 heteroatoms. The summed E-state index contributed by atoms with van der Waals surface area (Å²) in [5.41, 5.74) is 3.76. The summed E-state index contributed by atoms with van der Waals surface area (Å²) in [5.74, 6) is 0.730. The normalized spacial score (nSPS) is 17.8. The Balaban J connectivity index is 1.66. The molecule has 1 aliphatic rings. The maximum atomic E-state index is 10.8. The summed E-state index contributed by atoms with van der Waals surface area (Å²) in [6.07, 6.45) is 3.41. The van der Waals surface area contributed by atoms with E-state index in [9.17, 15) is 5.11 Å². The minimum absolute atomic E-state index is 0.0637. The molecule has 1 aliphatic heterocycles. The standard InChI is InChI=1S/C28H31N5O3/c1-17-25(32(4)31-30-17)20-14-21-24(29-16-20)27-22(15-23(36-27)28(2,3)34)33(21)26(18-8-6-5-7-9-18)19-10-12-35-13-11-19/h5-9,14-16,19,26,34H,10-13H2,1-4H3/i1D3. The lowest BCUT2D eigenvalue weighted by atomic mass is 9.86. The van der Waals surface area contributed by atoms with E-state index in [1.807, 2.05) is 30.3 Å². The molecule has 5 heterocycles. The highest BCUT2D eigenvalue weighted by molar-refractivity contribution is 6.04. The van der Waals surface area contributed by atoms with Crippen molar-refractivity contribution in [1.82, 2.24) is 24.5 Å². The smallest absolute Gasteiger partial charge is 0.178 e. The summed E-state index contributed by atoms with van der Waals surface area (Å²) in [6, 6.07) is 14.1. The molecule has 1 N–H and O–H groups in total. The molecule has 1 unspecified atom stereocenters. The molecule has 0 aliphatic carbocycles. The second-order valence-electron chi connectivity index (χ2n) is 10.1. The third kappa shape index (κ3) is 3.72. The highest BCUT2D eigenvalue weighted by Crippen LogP contribution is 2.43. The fourth-order valence-electron chi connectivity index (χ4n) is 5.40. The molecule has 8 nitrogen and oxygen atoms in total. The zero-order chi connectivity index (χ0) is 27.5. The van der Waals surface area contributed by atoms with Gasteiger partial charge >= 0.3 is 0 Å². The van der Waals surface area contributed by atoms with Gasteiger partial charge in [-0.1, -0.05) is 35.5 Å². The van der Waals surface area contributed by atoms with Crippen LogP contribution >= 0.6 is 0 Å². The zero-order valence-electron chi connectivity index (χ0n) is 23.6. The highest BCUT2D eigenvalue weighted by Gasteiger charge is 2.33. The molecular formula is C28H31N5O3. The molecule has 0 bridgehead atoms. The van der Waals surface area contributed by atoms with Gasteiger partial charge in [0.2, 0.25) is 0 Å². The first-order chi connectivity index (χ1) is 18.5. The number of pyridine rings is 1. The van der Waals surface area contributed by atoms with Crippen molar-refractivity contribution in [3.63, 3.8) is 0 Å². The Morgan fingerprint density at radius 1 is 1.14 bits per heavy atom. The highest BCUT2D eigenvalue weighted by atomic mass is 16.5. The van der Waals surface area contributed by atoms with E-state index >= 15 is 0 Å². The van der Waals surface area contributed by atoms with E-state index in [0.29, 0.717) is 41.3 Å². The Labute approximate surface area is 213 Å². The van der Waals surface area contributed by atoms with Crippen LogP contribution in [0.25, 0.3) is 33.4 Å². The topological polar surface area (TPSA) is 91.1 Å². The van der Waals surface area contributed by atoms with Crippen molar-refractivity contribution in [3.8, 4) is 11.3 Å². The average Bonchev–Trinajstić information content (AvgIpc) is 3.58. The number of aryl methyl sites for hydroxylation is 2. The lowest BCUT2D eigenvalue weighted by molar-refractivity contribution is 0.0552. The first-order valence-electron chi connectivity index (χ1n) is 13.7. The van der Waals surface area contributed by atoms with E-state index in [-0.39, 0.29) is 17.7 Å². The van der Waals surface area contributed by atoms with Crippen LogP contribution in [0.3, 0.4) is 0 Å². The second kappa shape index (κ2) is 8.57. The van der Waals surface area contributed by atoms with Gasteiger partial charge in [-0.05, 0) is 51.1 Å². The molecule has 36 heavy (non-hydrogen) atoms. The van der Waals surface area contributed by atoms with Crippen molar-refractivity contribution >= 4 is 22.1 Å². The van der Waals surface area contributed by atoms with Crippen LogP contribution < -0.4 is 0 Å². The second-order valence-corrected chi connectivity index (χ2v) is 10.1. The first-order valence-corrected chi connectivity index (χ1v) is 12.2. The molecule has 0 amide bonds. The van der Waals surface area contributed by atoms with Crippen LogP contribution in [-0.4, -0.2) is 42.9 Å². The van der Waals surface area contributed by atoms with E-state index < -0.39 is 12.5 Å². The molecule has 1 fully saturated rings. The van der Waals surface area contributed by atoms with Gasteiger partial charge in [-0.3, -0.25) is 0 Å². The molecular weight excluding hydrogens is 454 g/mol. The van der Waals surface area contributed by atoms with Crippen LogP contribution in [0.5, 0.6) is 0 Å². The van der Waals surface area contributed by atoms with Gasteiger partial charge < -0.3 is 18.8 Å². The number of fused-ring (bicyclic) bond motifs is 3. The van der Waals surface area contributed by atoms with E-state index in [1.165, 1.54) is 4.68 Å². The molecule has 0 spiro atoms. The Morgan fingerprint density at radius 2 is 1.92 bits per heavy atom. The van der Waals surface area contributed by atoms with Crippen molar-refractivity contribution in [1.29, 1.82) is 0 Å². The number of ether oxygens (including phenoxy) is 1. The zero-order valence-corrected chi connectivity index (χ0v) is 20.6. The largest absolute Gasteiger partial charge is 0.454 e. The fraction of sp³-hybridized carbons (Fsp3) is 0.393. The molecule has 0 saturated carbocycles. The summed E-state index contributed by atoms with van der Waals surface area (Å²) in [7, 11) is 1.68. The summed E-state index contributed by atoms with van der Waals surface area (Å²) in [4.78, 5) is 4.79. The van der Waals surface area contributed by atoms with Gasteiger partial charge in [0.15, 0.2) is 5.58 Å². The molecule has 186 valence electrons. The maximum absolute atomic E-state index is 10.8. The number of aromatic nitrogens is 5. The maximum Gasteiger partial charge on any atom is 0.178 e. The quantitative estimate of drug-likeness (QED) is 0.369. The van der Waals surface area contributed by atoms with Gasteiger partial charge in [-0.15, -0.1) is 5.10 Å². The van der Waals surface area contributed by atoms with E-state index in [2.05, 4.69) is 27.0 Å². The SMILES string of the molecule is [2H]C([2H])([2H])c1nnn(C)c1-c1cnc2c3oc(C(C)(C)O)cc3n(C(c3ccccc3)C3CCOCC3)c2c1. The van der Waals surface area contributed by atoms with Crippen molar-refractivity contribution in [2.45, 2.75) is 45.2 Å². The predicted molar refractivity (Wildman–Crippen MR) is 138 cm³/mol. The van der Waals surface area contributed by atoms with E-state index in [0.717, 1.165) is 29.4 Å². The lowest BCUT2D eigenvalue weighted by Gasteiger charge is -2.33. The van der Waals surface area contributed by atoms with Gasteiger partial charge in [0.25, 0.3) is 0 Å². The number of rotatable bonds is 5. The minimum atomic E-state index is -2.43. The van der Waals surface area contributed by atoms with Crippen molar-refractivity contribution in [2.24, 2.45) is 13.0 Å². The average molecular weight is 489 g/mol. The van der Waals surface area contributed by atoms with Crippen LogP contribution in [-0.2, 0) is 17.4 Å². The molecule has 5 aromatic rings.